The summed E-state index contributed by atoms with van der Waals surface area (Å²) in [5, 5.41) is 18.7. The number of alkyl halides is 3. The molecule has 2 aromatic heterocycles. The number of allylic oxidation sites excluding steroid dienone is 1. The Morgan fingerprint density at radius 3 is 2.57 bits per heavy atom. The van der Waals surface area contributed by atoms with Gasteiger partial charge in [-0.15, -0.1) is 22.7 Å². The minimum absolute atomic E-state index is 0.184. The van der Waals surface area contributed by atoms with Gasteiger partial charge in [-0.05, 0) is 31.2 Å². The fraction of sp³-hybridized carbons (Fsp3) is 0.389. The van der Waals surface area contributed by atoms with E-state index in [2.05, 4.69) is 10.3 Å². The van der Waals surface area contributed by atoms with Gasteiger partial charge in [-0.25, -0.2) is 9.78 Å². The first kappa shape index (κ1) is 22.2. The zero-order valence-electron chi connectivity index (χ0n) is 15.4. The van der Waals surface area contributed by atoms with Crippen LogP contribution in [0.5, 0.6) is 0 Å². The van der Waals surface area contributed by atoms with E-state index < -0.39 is 18.0 Å². The first-order chi connectivity index (χ1) is 14.2. The Morgan fingerprint density at radius 2 is 1.97 bits per heavy atom. The van der Waals surface area contributed by atoms with Crippen molar-refractivity contribution in [3.05, 3.63) is 33.2 Å². The molecule has 3 N–H and O–H groups in total. The standard InChI is InChI=1S/C17H15F3N2O2S2.CH2O3/c18-17(19,20)12-8-25-15(21-12)13-10-5-6-24-7-11(10)26-16(13)22-14(23)9-3-1-2-4-9;2-1(3)4/h3,8H,1-2,4-7H2,(H,22,23);(H2,2,3,4). The van der Waals surface area contributed by atoms with Crippen LogP contribution < -0.4 is 5.32 Å². The van der Waals surface area contributed by atoms with Gasteiger partial charge in [-0.2, -0.15) is 13.2 Å². The van der Waals surface area contributed by atoms with Gasteiger partial charge in [0.25, 0.3) is 5.91 Å². The third-order valence-electron chi connectivity index (χ3n) is 4.39. The zero-order valence-corrected chi connectivity index (χ0v) is 17.0. The maximum atomic E-state index is 12.9. The van der Waals surface area contributed by atoms with Crippen LogP contribution in [0.25, 0.3) is 10.6 Å². The SMILES string of the molecule is O=C(Nc1sc2c(c1-c1nc(C(F)(F)F)cs1)CCOC2)C1=CCCC1.O=C(O)O. The van der Waals surface area contributed by atoms with E-state index >= 15 is 0 Å². The van der Waals surface area contributed by atoms with Crippen molar-refractivity contribution in [1.82, 2.24) is 4.98 Å². The van der Waals surface area contributed by atoms with Crippen LogP contribution in [0.4, 0.5) is 23.0 Å². The number of carbonyl (C=O) groups is 2. The van der Waals surface area contributed by atoms with Gasteiger partial charge >= 0.3 is 12.3 Å². The molecule has 0 atom stereocenters. The highest BCUT2D eigenvalue weighted by molar-refractivity contribution is 7.18. The lowest BCUT2D eigenvalue weighted by Crippen LogP contribution is -2.13. The minimum Gasteiger partial charge on any atom is -0.450 e. The Bertz CT molecular complexity index is 977. The number of carbonyl (C=O) groups excluding carboxylic acids is 1. The number of rotatable bonds is 3. The number of fused-ring (bicyclic) bond motifs is 1. The summed E-state index contributed by atoms with van der Waals surface area (Å²) in [4.78, 5) is 25.8. The number of halogens is 3. The fourth-order valence-corrected chi connectivity index (χ4v) is 5.28. The molecule has 0 saturated carbocycles. The van der Waals surface area contributed by atoms with Crippen LogP contribution in [-0.2, 0) is 28.7 Å². The lowest BCUT2D eigenvalue weighted by Gasteiger charge is -2.13. The number of thiazole rings is 1. The highest BCUT2D eigenvalue weighted by atomic mass is 32.1. The molecule has 0 unspecified atom stereocenters. The van der Waals surface area contributed by atoms with Crippen molar-refractivity contribution in [3.8, 4) is 10.6 Å². The smallest absolute Gasteiger partial charge is 0.450 e. The molecule has 1 aliphatic carbocycles. The number of hydrogen-bond acceptors (Lipinski definition) is 6. The lowest BCUT2D eigenvalue weighted by atomic mass is 10.1. The van der Waals surface area contributed by atoms with Crippen molar-refractivity contribution < 1.29 is 37.7 Å². The van der Waals surface area contributed by atoms with Gasteiger partial charge in [0.05, 0.1) is 13.2 Å². The second kappa shape index (κ2) is 9.14. The summed E-state index contributed by atoms with van der Waals surface area (Å²) in [7, 11) is 0. The van der Waals surface area contributed by atoms with Crippen molar-refractivity contribution >= 4 is 39.7 Å². The predicted molar refractivity (Wildman–Crippen MR) is 105 cm³/mol. The van der Waals surface area contributed by atoms with Crippen LogP contribution in [0.3, 0.4) is 0 Å². The van der Waals surface area contributed by atoms with E-state index in [-0.39, 0.29) is 10.9 Å². The third kappa shape index (κ3) is 5.18. The van der Waals surface area contributed by atoms with Crippen LogP contribution in [0.2, 0.25) is 0 Å². The molecule has 3 heterocycles. The number of carboxylic acid groups (broad SMARTS) is 2. The molecule has 0 fully saturated rings. The van der Waals surface area contributed by atoms with Gasteiger partial charge in [0.1, 0.15) is 10.0 Å². The monoisotopic (exact) mass is 462 g/mol. The van der Waals surface area contributed by atoms with E-state index in [0.717, 1.165) is 52.0 Å². The van der Waals surface area contributed by atoms with E-state index in [4.69, 9.17) is 19.7 Å². The summed E-state index contributed by atoms with van der Waals surface area (Å²) >= 11 is 2.31. The summed E-state index contributed by atoms with van der Waals surface area (Å²) < 4.78 is 44.3. The molecular formula is C18H17F3N2O5S2. The van der Waals surface area contributed by atoms with Crippen molar-refractivity contribution in [1.29, 1.82) is 0 Å². The van der Waals surface area contributed by atoms with Crippen LogP contribution in [0, 0.1) is 0 Å². The molecule has 4 rings (SSSR count). The van der Waals surface area contributed by atoms with Crippen LogP contribution in [0.1, 0.15) is 35.4 Å². The lowest BCUT2D eigenvalue weighted by molar-refractivity contribution is -0.140. The van der Waals surface area contributed by atoms with E-state index in [1.807, 2.05) is 6.08 Å². The Labute approximate surface area is 176 Å². The molecule has 7 nitrogen and oxygen atoms in total. The molecule has 0 bridgehead atoms. The average molecular weight is 462 g/mol. The van der Waals surface area contributed by atoms with Gasteiger partial charge in [0, 0.05) is 21.4 Å². The van der Waals surface area contributed by atoms with Crippen molar-refractivity contribution in [3.63, 3.8) is 0 Å². The normalized spacial score (nSPS) is 15.6. The molecule has 0 radical (unpaired) electrons. The first-order valence-corrected chi connectivity index (χ1v) is 10.5. The molecular weight excluding hydrogens is 445 g/mol. The van der Waals surface area contributed by atoms with Crippen molar-refractivity contribution in [2.75, 3.05) is 11.9 Å². The minimum atomic E-state index is -4.48. The molecule has 162 valence electrons. The fourth-order valence-electron chi connectivity index (χ4n) is 3.13. The molecule has 0 saturated heterocycles. The summed E-state index contributed by atoms with van der Waals surface area (Å²) in [5.41, 5.74) is 1.37. The van der Waals surface area contributed by atoms with E-state index in [9.17, 15) is 18.0 Å². The van der Waals surface area contributed by atoms with Crippen LogP contribution in [-0.4, -0.2) is 33.9 Å². The molecule has 30 heavy (non-hydrogen) atoms. The predicted octanol–water partition coefficient (Wildman–Crippen LogP) is 5.23. The van der Waals surface area contributed by atoms with Gasteiger partial charge in [-0.1, -0.05) is 6.08 Å². The number of aromatic nitrogens is 1. The number of anilines is 1. The van der Waals surface area contributed by atoms with E-state index in [1.54, 1.807) is 0 Å². The number of nitrogens with zero attached hydrogens (tertiary/aromatic N) is 1. The largest absolute Gasteiger partial charge is 0.503 e. The second-order valence-corrected chi connectivity index (χ2v) is 8.37. The molecule has 2 aliphatic rings. The highest BCUT2D eigenvalue weighted by Crippen LogP contribution is 2.45. The van der Waals surface area contributed by atoms with E-state index in [0.29, 0.717) is 30.2 Å². The van der Waals surface area contributed by atoms with Gasteiger partial charge in [-0.3, -0.25) is 4.79 Å². The van der Waals surface area contributed by atoms with Gasteiger partial charge in [0.2, 0.25) is 0 Å². The number of nitrogens with one attached hydrogen (secondary N) is 1. The Balaban J connectivity index is 0.000000589. The van der Waals surface area contributed by atoms with Gasteiger partial charge < -0.3 is 20.3 Å². The molecule has 12 heteroatoms. The number of hydrogen-bond donors (Lipinski definition) is 3. The first-order valence-electron chi connectivity index (χ1n) is 8.84. The quantitative estimate of drug-likeness (QED) is 0.576. The maximum Gasteiger partial charge on any atom is 0.503 e. The highest BCUT2D eigenvalue weighted by Gasteiger charge is 2.35. The van der Waals surface area contributed by atoms with Crippen molar-refractivity contribution in [2.24, 2.45) is 0 Å². The molecule has 0 spiro atoms. The Hall–Kier alpha value is -2.44. The maximum absolute atomic E-state index is 12.9. The second-order valence-electron chi connectivity index (χ2n) is 6.40. The van der Waals surface area contributed by atoms with E-state index in [1.165, 1.54) is 11.3 Å². The average Bonchev–Trinajstić information content (AvgIpc) is 3.39. The summed E-state index contributed by atoms with van der Waals surface area (Å²) in [6.07, 6.45) is -1.24. The van der Waals surface area contributed by atoms with Crippen LogP contribution in [0.15, 0.2) is 17.0 Å². The number of amides is 1. The molecule has 1 amide bonds. The van der Waals surface area contributed by atoms with Crippen LogP contribution >= 0.6 is 22.7 Å². The number of ether oxygens (including phenoxy) is 1. The molecule has 2 aromatic rings. The summed E-state index contributed by atoms with van der Waals surface area (Å²) in [6.45, 7) is 0.913. The zero-order chi connectivity index (χ0) is 21.9. The van der Waals surface area contributed by atoms with Crippen molar-refractivity contribution in [2.45, 2.75) is 38.5 Å². The number of thiophene rings is 1. The Morgan fingerprint density at radius 1 is 1.23 bits per heavy atom. The summed E-state index contributed by atoms with van der Waals surface area (Å²) in [6, 6.07) is 0. The van der Waals surface area contributed by atoms with Gasteiger partial charge in [0.15, 0.2) is 5.69 Å². The third-order valence-corrected chi connectivity index (χ3v) is 6.37. The molecule has 0 aromatic carbocycles. The molecule has 1 aliphatic heterocycles. The topological polar surface area (TPSA) is 109 Å². The summed E-state index contributed by atoms with van der Waals surface area (Å²) in [5.74, 6) is -0.184. The Kier molecular flexibility index (Phi) is 6.78.